The highest BCUT2D eigenvalue weighted by Crippen LogP contribution is 2.29. The predicted octanol–water partition coefficient (Wildman–Crippen LogP) is 3.45. The third-order valence-corrected chi connectivity index (χ3v) is 3.51. The van der Waals surface area contributed by atoms with Gasteiger partial charge in [0.15, 0.2) is 0 Å². The molecule has 1 N–H and O–H groups in total. The van der Waals surface area contributed by atoms with Gasteiger partial charge in [0.1, 0.15) is 5.82 Å². The highest BCUT2D eigenvalue weighted by atomic mass is 35.5. The molecule has 0 atom stereocenters. The lowest BCUT2D eigenvalue weighted by Gasteiger charge is -2.06. The number of halogens is 1. The van der Waals surface area contributed by atoms with E-state index in [1.807, 2.05) is 28.9 Å². The van der Waals surface area contributed by atoms with Crippen LogP contribution in [0.3, 0.4) is 0 Å². The molecule has 1 aromatic carbocycles. The normalized spacial score (nSPS) is 13.4. The van der Waals surface area contributed by atoms with E-state index in [1.165, 1.54) is 11.3 Å². The van der Waals surface area contributed by atoms with Crippen molar-refractivity contribution in [3.63, 3.8) is 0 Å². The monoisotopic (exact) mass is 261 g/mol. The minimum absolute atomic E-state index is 0.742. The van der Waals surface area contributed by atoms with Gasteiger partial charge >= 0.3 is 0 Å². The van der Waals surface area contributed by atoms with Crippen LogP contribution in [0, 0.1) is 0 Å². The molecule has 0 unspecified atom stereocenters. The highest BCUT2D eigenvalue weighted by Gasteiger charge is 2.22. The zero-order valence-corrected chi connectivity index (χ0v) is 11.2. The average molecular weight is 262 g/mol. The zero-order valence-electron chi connectivity index (χ0n) is 10.4. The van der Waals surface area contributed by atoms with E-state index in [0.29, 0.717) is 0 Å². The van der Waals surface area contributed by atoms with Gasteiger partial charge in [-0.1, -0.05) is 31.0 Å². The number of rotatable bonds is 3. The van der Waals surface area contributed by atoms with Crippen molar-refractivity contribution in [3.05, 3.63) is 40.5 Å². The van der Waals surface area contributed by atoms with Crippen molar-refractivity contribution in [1.29, 1.82) is 0 Å². The Kier molecular flexibility index (Phi) is 3.00. The molecule has 0 spiro atoms. The third kappa shape index (κ3) is 1.89. The molecular formula is C14H16ClN3. The number of benzene rings is 1. The van der Waals surface area contributed by atoms with Crippen molar-refractivity contribution in [2.24, 2.45) is 0 Å². The van der Waals surface area contributed by atoms with Crippen LogP contribution in [-0.2, 0) is 12.8 Å². The van der Waals surface area contributed by atoms with Gasteiger partial charge in [0.2, 0.25) is 0 Å². The summed E-state index contributed by atoms with van der Waals surface area (Å²) in [6.07, 6.45) is 3.24. The molecule has 4 heteroatoms. The van der Waals surface area contributed by atoms with E-state index in [2.05, 4.69) is 12.2 Å². The summed E-state index contributed by atoms with van der Waals surface area (Å²) in [5, 5.41) is 8.89. The van der Waals surface area contributed by atoms with E-state index < -0.39 is 0 Å². The Morgan fingerprint density at radius 2 is 2.33 bits per heavy atom. The molecule has 94 valence electrons. The van der Waals surface area contributed by atoms with Crippen molar-refractivity contribution in [2.45, 2.75) is 26.2 Å². The second-order valence-electron chi connectivity index (χ2n) is 4.59. The molecule has 2 aromatic rings. The van der Waals surface area contributed by atoms with Crippen LogP contribution in [0.2, 0.25) is 5.02 Å². The van der Waals surface area contributed by atoms with E-state index in [9.17, 15) is 0 Å². The number of nitrogens with one attached hydrogen (secondary N) is 1. The largest absolute Gasteiger partial charge is 0.369 e. The van der Waals surface area contributed by atoms with Gasteiger partial charge in [-0.15, -0.1) is 0 Å². The second kappa shape index (κ2) is 4.65. The lowest BCUT2D eigenvalue weighted by atomic mass is 10.1. The summed E-state index contributed by atoms with van der Waals surface area (Å²) >= 11 is 6.05. The number of aryl methyl sites for hydroxylation is 1. The minimum Gasteiger partial charge on any atom is -0.369 e. The summed E-state index contributed by atoms with van der Waals surface area (Å²) in [7, 11) is 0. The fourth-order valence-electron chi connectivity index (χ4n) is 2.48. The van der Waals surface area contributed by atoms with Crippen LogP contribution in [0.1, 0.15) is 24.6 Å². The van der Waals surface area contributed by atoms with E-state index in [-0.39, 0.29) is 0 Å². The molecule has 2 heterocycles. The smallest absolute Gasteiger partial charge is 0.133 e. The molecule has 18 heavy (non-hydrogen) atoms. The molecule has 0 fully saturated rings. The molecule has 1 aliphatic heterocycles. The van der Waals surface area contributed by atoms with Crippen LogP contribution in [0.25, 0.3) is 5.69 Å². The lowest BCUT2D eigenvalue weighted by molar-refractivity contribution is 0.796. The van der Waals surface area contributed by atoms with Crippen molar-refractivity contribution in [3.8, 4) is 5.69 Å². The minimum atomic E-state index is 0.742. The topological polar surface area (TPSA) is 29.9 Å². The number of hydrogen-bond acceptors (Lipinski definition) is 2. The number of hydrogen-bond donors (Lipinski definition) is 1. The van der Waals surface area contributed by atoms with Crippen molar-refractivity contribution in [2.75, 3.05) is 11.9 Å². The van der Waals surface area contributed by atoms with E-state index in [1.54, 1.807) is 0 Å². The maximum Gasteiger partial charge on any atom is 0.133 e. The Labute approximate surface area is 112 Å². The summed E-state index contributed by atoms with van der Waals surface area (Å²) in [6.45, 7) is 3.19. The van der Waals surface area contributed by atoms with Crippen LogP contribution in [-0.4, -0.2) is 16.3 Å². The van der Waals surface area contributed by atoms with Gasteiger partial charge in [-0.25, -0.2) is 4.68 Å². The van der Waals surface area contributed by atoms with E-state index >= 15 is 0 Å². The summed E-state index contributed by atoms with van der Waals surface area (Å²) in [5.41, 5.74) is 3.62. The van der Waals surface area contributed by atoms with Gasteiger partial charge in [0.25, 0.3) is 0 Å². The van der Waals surface area contributed by atoms with Gasteiger partial charge in [0.05, 0.1) is 11.4 Å². The summed E-state index contributed by atoms with van der Waals surface area (Å²) in [6, 6.07) is 7.83. The van der Waals surface area contributed by atoms with Crippen LogP contribution in [0.15, 0.2) is 24.3 Å². The van der Waals surface area contributed by atoms with Crippen molar-refractivity contribution >= 4 is 17.4 Å². The lowest BCUT2D eigenvalue weighted by Crippen LogP contribution is -2.04. The van der Waals surface area contributed by atoms with Crippen molar-refractivity contribution < 1.29 is 0 Å². The SMILES string of the molecule is CCCc1nn(-c2cccc(Cl)c2)c2c1CCN2. The van der Waals surface area contributed by atoms with Gasteiger partial charge in [0, 0.05) is 17.1 Å². The van der Waals surface area contributed by atoms with Gasteiger partial charge < -0.3 is 5.32 Å². The van der Waals surface area contributed by atoms with Crippen LogP contribution in [0.4, 0.5) is 5.82 Å². The summed E-state index contributed by atoms with van der Waals surface area (Å²) < 4.78 is 1.99. The second-order valence-corrected chi connectivity index (χ2v) is 5.03. The van der Waals surface area contributed by atoms with Gasteiger partial charge in [-0.3, -0.25) is 0 Å². The Bertz CT molecular complexity index is 574. The van der Waals surface area contributed by atoms with E-state index in [4.69, 9.17) is 16.7 Å². The number of fused-ring (bicyclic) bond motifs is 1. The molecule has 3 rings (SSSR count). The molecule has 0 amide bonds. The predicted molar refractivity (Wildman–Crippen MR) is 74.8 cm³/mol. The molecule has 0 saturated carbocycles. The molecule has 1 aromatic heterocycles. The summed E-state index contributed by atoms with van der Waals surface area (Å²) in [5.74, 6) is 1.14. The molecular weight excluding hydrogens is 246 g/mol. The Balaban J connectivity index is 2.10. The Hall–Kier alpha value is -1.48. The van der Waals surface area contributed by atoms with Crippen LogP contribution in [0.5, 0.6) is 0 Å². The maximum atomic E-state index is 6.05. The average Bonchev–Trinajstić information content (AvgIpc) is 2.93. The first kappa shape index (κ1) is 11.6. The molecule has 0 saturated heterocycles. The number of nitrogens with zero attached hydrogens (tertiary/aromatic N) is 2. The highest BCUT2D eigenvalue weighted by molar-refractivity contribution is 6.30. The van der Waals surface area contributed by atoms with Crippen LogP contribution >= 0.6 is 11.6 Å². The molecule has 0 aliphatic carbocycles. The van der Waals surface area contributed by atoms with Gasteiger partial charge in [-0.05, 0) is 31.0 Å². The first-order valence-electron chi connectivity index (χ1n) is 6.40. The third-order valence-electron chi connectivity index (χ3n) is 3.27. The van der Waals surface area contributed by atoms with E-state index in [0.717, 1.165) is 42.3 Å². The number of aromatic nitrogens is 2. The molecule has 3 nitrogen and oxygen atoms in total. The standard InChI is InChI=1S/C14H16ClN3/c1-2-4-13-12-7-8-16-14(12)18(17-13)11-6-3-5-10(15)9-11/h3,5-6,9,16H,2,4,7-8H2,1H3. The maximum absolute atomic E-state index is 6.05. The Morgan fingerprint density at radius 1 is 1.44 bits per heavy atom. The molecule has 0 bridgehead atoms. The fraction of sp³-hybridized carbons (Fsp3) is 0.357. The summed E-state index contributed by atoms with van der Waals surface area (Å²) in [4.78, 5) is 0. The molecule has 0 radical (unpaired) electrons. The fourth-order valence-corrected chi connectivity index (χ4v) is 2.66. The van der Waals surface area contributed by atoms with Gasteiger partial charge in [-0.2, -0.15) is 5.10 Å². The Morgan fingerprint density at radius 3 is 3.11 bits per heavy atom. The molecule has 1 aliphatic rings. The van der Waals surface area contributed by atoms with Crippen molar-refractivity contribution in [1.82, 2.24) is 9.78 Å². The first-order chi connectivity index (χ1) is 8.79. The quantitative estimate of drug-likeness (QED) is 0.917. The number of anilines is 1. The van der Waals surface area contributed by atoms with Crippen LogP contribution < -0.4 is 5.32 Å². The first-order valence-corrected chi connectivity index (χ1v) is 6.78. The zero-order chi connectivity index (χ0) is 12.5.